The number of amides is 1. The minimum absolute atomic E-state index is 0.000528. The van der Waals surface area contributed by atoms with Crippen molar-refractivity contribution in [3.63, 3.8) is 0 Å². The standard InChI is InChI=1S/C19H26N4O2S/c1-12-8-9-15(11-13(12)2)25-14(3)18(24)23-10-6-7-16(23)17-20-21-19(26-5)22(17)4/h8-9,11,14,16H,6-7,10H2,1-5H3/t14-,16-/m0/s1. The predicted molar refractivity (Wildman–Crippen MR) is 102 cm³/mol. The van der Waals surface area contributed by atoms with E-state index in [0.717, 1.165) is 41.7 Å². The maximum absolute atomic E-state index is 13.0. The van der Waals surface area contributed by atoms with E-state index in [4.69, 9.17) is 4.74 Å². The van der Waals surface area contributed by atoms with Gasteiger partial charge >= 0.3 is 0 Å². The molecule has 1 aromatic heterocycles. The lowest BCUT2D eigenvalue weighted by molar-refractivity contribution is -0.139. The average Bonchev–Trinajstić information content (AvgIpc) is 3.23. The fraction of sp³-hybridized carbons (Fsp3) is 0.526. The minimum atomic E-state index is -0.536. The molecular formula is C19H26N4O2S. The number of benzene rings is 1. The van der Waals surface area contributed by atoms with Crippen molar-refractivity contribution in [1.29, 1.82) is 0 Å². The summed E-state index contributed by atoms with van der Waals surface area (Å²) < 4.78 is 7.91. The van der Waals surface area contributed by atoms with Crippen LogP contribution in [0.15, 0.2) is 23.4 Å². The number of nitrogens with zero attached hydrogens (tertiary/aromatic N) is 4. The third-order valence-corrected chi connectivity index (χ3v) is 5.74. The number of carbonyl (C=O) groups excluding carboxylic acids is 1. The van der Waals surface area contributed by atoms with E-state index >= 15 is 0 Å². The Morgan fingerprint density at radius 2 is 2.08 bits per heavy atom. The smallest absolute Gasteiger partial charge is 0.263 e. The summed E-state index contributed by atoms with van der Waals surface area (Å²) in [5.41, 5.74) is 2.37. The van der Waals surface area contributed by atoms with Gasteiger partial charge in [-0.3, -0.25) is 4.79 Å². The molecule has 1 aliphatic rings. The van der Waals surface area contributed by atoms with Crippen LogP contribution in [-0.4, -0.2) is 44.5 Å². The van der Waals surface area contributed by atoms with Gasteiger partial charge in [0, 0.05) is 13.6 Å². The number of hydrogen-bond donors (Lipinski definition) is 0. The Morgan fingerprint density at radius 3 is 2.73 bits per heavy atom. The van der Waals surface area contributed by atoms with E-state index < -0.39 is 6.10 Å². The number of rotatable bonds is 5. The average molecular weight is 375 g/mol. The lowest BCUT2D eigenvalue weighted by atomic mass is 10.1. The summed E-state index contributed by atoms with van der Waals surface area (Å²) >= 11 is 1.56. The first-order valence-electron chi connectivity index (χ1n) is 8.90. The summed E-state index contributed by atoms with van der Waals surface area (Å²) in [5, 5.41) is 9.39. The molecule has 0 radical (unpaired) electrons. The number of aryl methyl sites for hydroxylation is 2. The van der Waals surface area contributed by atoms with Gasteiger partial charge in [-0.2, -0.15) is 0 Å². The minimum Gasteiger partial charge on any atom is -0.481 e. The first-order chi connectivity index (χ1) is 12.4. The van der Waals surface area contributed by atoms with Gasteiger partial charge in [0.2, 0.25) is 0 Å². The Balaban J connectivity index is 1.74. The number of ether oxygens (including phenoxy) is 1. The summed E-state index contributed by atoms with van der Waals surface area (Å²) in [4.78, 5) is 14.9. The van der Waals surface area contributed by atoms with E-state index in [1.165, 1.54) is 5.56 Å². The molecular weight excluding hydrogens is 348 g/mol. The van der Waals surface area contributed by atoms with Crippen LogP contribution in [0.25, 0.3) is 0 Å². The van der Waals surface area contributed by atoms with Crippen LogP contribution in [0, 0.1) is 13.8 Å². The second kappa shape index (κ2) is 7.70. The van der Waals surface area contributed by atoms with Crippen molar-refractivity contribution >= 4 is 17.7 Å². The van der Waals surface area contributed by atoms with E-state index in [9.17, 15) is 4.79 Å². The molecule has 1 amide bonds. The van der Waals surface area contributed by atoms with Crippen LogP contribution in [0.4, 0.5) is 0 Å². The zero-order valence-electron chi connectivity index (χ0n) is 16.0. The van der Waals surface area contributed by atoms with Crippen LogP contribution < -0.4 is 4.74 Å². The molecule has 2 heterocycles. The molecule has 6 nitrogen and oxygen atoms in total. The number of aromatic nitrogens is 3. The second-order valence-corrected chi connectivity index (χ2v) is 7.57. The molecule has 26 heavy (non-hydrogen) atoms. The molecule has 2 atom stereocenters. The van der Waals surface area contributed by atoms with Gasteiger partial charge in [-0.1, -0.05) is 17.8 Å². The van der Waals surface area contributed by atoms with Crippen LogP contribution in [0.3, 0.4) is 0 Å². The normalized spacial score (nSPS) is 18.2. The molecule has 0 N–H and O–H groups in total. The van der Waals surface area contributed by atoms with E-state index in [-0.39, 0.29) is 11.9 Å². The van der Waals surface area contributed by atoms with E-state index in [0.29, 0.717) is 0 Å². The molecule has 140 valence electrons. The highest BCUT2D eigenvalue weighted by molar-refractivity contribution is 7.98. The van der Waals surface area contributed by atoms with Crippen molar-refractivity contribution in [3.8, 4) is 5.75 Å². The van der Waals surface area contributed by atoms with Gasteiger partial charge < -0.3 is 14.2 Å². The topological polar surface area (TPSA) is 60.3 Å². The molecule has 1 fully saturated rings. The van der Waals surface area contributed by atoms with Crippen LogP contribution in [0.2, 0.25) is 0 Å². The van der Waals surface area contributed by atoms with Crippen LogP contribution in [-0.2, 0) is 11.8 Å². The van der Waals surface area contributed by atoms with Crippen LogP contribution >= 0.6 is 11.8 Å². The molecule has 0 aliphatic carbocycles. The molecule has 0 bridgehead atoms. The van der Waals surface area contributed by atoms with Gasteiger partial charge in [0.1, 0.15) is 5.75 Å². The van der Waals surface area contributed by atoms with Crippen molar-refractivity contribution in [2.24, 2.45) is 7.05 Å². The Kier molecular flexibility index (Phi) is 5.55. The summed E-state index contributed by atoms with van der Waals surface area (Å²) in [7, 11) is 1.96. The van der Waals surface area contributed by atoms with Crippen LogP contribution in [0.5, 0.6) is 5.75 Å². The molecule has 7 heteroatoms. The van der Waals surface area contributed by atoms with Crippen molar-refractivity contribution in [2.45, 2.75) is 50.9 Å². The fourth-order valence-corrected chi connectivity index (χ4v) is 3.86. The maximum Gasteiger partial charge on any atom is 0.263 e. The van der Waals surface area contributed by atoms with Gasteiger partial charge in [-0.25, -0.2) is 0 Å². The highest BCUT2D eigenvalue weighted by Gasteiger charge is 2.36. The Bertz CT molecular complexity index is 805. The molecule has 1 saturated heterocycles. The van der Waals surface area contributed by atoms with Gasteiger partial charge in [0.15, 0.2) is 17.1 Å². The molecule has 1 aliphatic heterocycles. The number of thioether (sulfide) groups is 1. The van der Waals surface area contributed by atoms with E-state index in [1.54, 1.807) is 11.8 Å². The Labute approximate surface area is 158 Å². The summed E-state index contributed by atoms with van der Waals surface area (Å²) in [5.74, 6) is 1.58. The zero-order valence-corrected chi connectivity index (χ0v) is 16.8. The number of hydrogen-bond acceptors (Lipinski definition) is 5. The highest BCUT2D eigenvalue weighted by Crippen LogP contribution is 2.32. The van der Waals surface area contributed by atoms with Gasteiger partial charge in [-0.15, -0.1) is 10.2 Å². The second-order valence-electron chi connectivity index (χ2n) is 6.80. The lowest BCUT2D eigenvalue weighted by Gasteiger charge is -2.27. The Morgan fingerprint density at radius 1 is 1.31 bits per heavy atom. The third-order valence-electron chi connectivity index (χ3n) is 5.02. The summed E-state index contributed by atoms with van der Waals surface area (Å²) in [6.07, 6.45) is 3.31. The molecule has 1 aromatic carbocycles. The summed E-state index contributed by atoms with van der Waals surface area (Å²) in [6, 6.07) is 5.88. The fourth-order valence-electron chi connectivity index (χ4n) is 3.37. The van der Waals surface area contributed by atoms with E-state index in [1.807, 2.05) is 54.8 Å². The molecule has 3 rings (SSSR count). The number of carbonyl (C=O) groups is 1. The van der Waals surface area contributed by atoms with E-state index in [2.05, 4.69) is 17.1 Å². The number of likely N-dealkylation sites (tertiary alicyclic amines) is 1. The molecule has 0 unspecified atom stereocenters. The van der Waals surface area contributed by atoms with Gasteiger partial charge in [-0.05, 0) is 63.1 Å². The van der Waals surface area contributed by atoms with Crippen molar-refractivity contribution in [2.75, 3.05) is 12.8 Å². The van der Waals surface area contributed by atoms with Gasteiger partial charge in [0.25, 0.3) is 5.91 Å². The van der Waals surface area contributed by atoms with Crippen molar-refractivity contribution < 1.29 is 9.53 Å². The quantitative estimate of drug-likeness (QED) is 0.752. The lowest BCUT2D eigenvalue weighted by Crippen LogP contribution is -2.40. The van der Waals surface area contributed by atoms with Crippen LogP contribution in [0.1, 0.15) is 42.8 Å². The van der Waals surface area contributed by atoms with Gasteiger partial charge in [0.05, 0.1) is 6.04 Å². The third kappa shape index (κ3) is 3.58. The van der Waals surface area contributed by atoms with Crippen molar-refractivity contribution in [1.82, 2.24) is 19.7 Å². The Hall–Kier alpha value is -2.02. The first kappa shape index (κ1) is 18.8. The molecule has 0 spiro atoms. The maximum atomic E-state index is 13.0. The zero-order chi connectivity index (χ0) is 18.8. The predicted octanol–water partition coefficient (Wildman–Crippen LogP) is 3.28. The first-order valence-corrected chi connectivity index (χ1v) is 10.1. The van der Waals surface area contributed by atoms with Crippen molar-refractivity contribution in [3.05, 3.63) is 35.2 Å². The largest absolute Gasteiger partial charge is 0.481 e. The highest BCUT2D eigenvalue weighted by atomic mass is 32.2. The monoisotopic (exact) mass is 374 g/mol. The SMILES string of the molecule is CSc1nnc([C@@H]2CCCN2C(=O)[C@H](C)Oc2ccc(C)c(C)c2)n1C. The molecule has 2 aromatic rings. The molecule has 0 saturated carbocycles. The summed E-state index contributed by atoms with van der Waals surface area (Å²) in [6.45, 7) is 6.65.